The van der Waals surface area contributed by atoms with E-state index in [1.54, 1.807) is 0 Å². The minimum absolute atomic E-state index is 0.00595. The van der Waals surface area contributed by atoms with Crippen molar-refractivity contribution < 1.29 is 4.74 Å². The lowest BCUT2D eigenvalue weighted by Gasteiger charge is -2.25. The van der Waals surface area contributed by atoms with E-state index in [4.69, 9.17) is 4.74 Å². The van der Waals surface area contributed by atoms with E-state index < -0.39 is 0 Å². The Balaban J connectivity index is 2.21. The summed E-state index contributed by atoms with van der Waals surface area (Å²) in [6.45, 7) is 14.1. The third-order valence-electron chi connectivity index (χ3n) is 3.18. The van der Waals surface area contributed by atoms with Crippen LogP contribution in [-0.4, -0.2) is 50.3 Å². The maximum absolute atomic E-state index is 5.76. The highest BCUT2D eigenvalue weighted by molar-refractivity contribution is 4.87. The Morgan fingerprint density at radius 2 is 2.06 bits per heavy atom. The average Bonchev–Trinajstić information content (AvgIpc) is 2.46. The molecule has 3 heteroatoms. The standard InChI is InChI=1S/C13H28N2O/c1-12(2,3)16-9-8-15-7-6-13(4,11-15)10-14-5/h14H,6-11H2,1-5H3. The number of nitrogens with one attached hydrogen (secondary N) is 1. The maximum Gasteiger partial charge on any atom is 0.0600 e. The van der Waals surface area contributed by atoms with Gasteiger partial charge in [-0.15, -0.1) is 0 Å². The molecule has 1 aliphatic heterocycles. The zero-order chi connectivity index (χ0) is 12.2. The van der Waals surface area contributed by atoms with E-state index in [-0.39, 0.29) is 5.60 Å². The first-order valence-corrected chi connectivity index (χ1v) is 6.36. The van der Waals surface area contributed by atoms with Crippen LogP contribution in [0.4, 0.5) is 0 Å². The van der Waals surface area contributed by atoms with Crippen molar-refractivity contribution in [1.29, 1.82) is 0 Å². The molecule has 0 radical (unpaired) electrons. The topological polar surface area (TPSA) is 24.5 Å². The van der Waals surface area contributed by atoms with Crippen LogP contribution in [0.1, 0.15) is 34.1 Å². The van der Waals surface area contributed by atoms with Gasteiger partial charge in [-0.2, -0.15) is 0 Å². The van der Waals surface area contributed by atoms with Crippen LogP contribution in [0.5, 0.6) is 0 Å². The highest BCUT2D eigenvalue weighted by Gasteiger charge is 2.32. The van der Waals surface area contributed by atoms with Crippen LogP contribution in [0, 0.1) is 5.41 Å². The van der Waals surface area contributed by atoms with E-state index in [0.717, 1.165) is 19.7 Å². The third kappa shape index (κ3) is 4.81. The molecule has 1 unspecified atom stereocenters. The van der Waals surface area contributed by atoms with E-state index in [2.05, 4.69) is 37.9 Å². The summed E-state index contributed by atoms with van der Waals surface area (Å²) in [5, 5.41) is 3.29. The summed E-state index contributed by atoms with van der Waals surface area (Å²) >= 11 is 0. The van der Waals surface area contributed by atoms with Gasteiger partial charge in [0, 0.05) is 19.6 Å². The van der Waals surface area contributed by atoms with Crippen molar-refractivity contribution in [3.63, 3.8) is 0 Å². The number of nitrogens with zero attached hydrogens (tertiary/aromatic N) is 1. The summed E-state index contributed by atoms with van der Waals surface area (Å²) in [4.78, 5) is 2.52. The van der Waals surface area contributed by atoms with Gasteiger partial charge >= 0.3 is 0 Å². The van der Waals surface area contributed by atoms with Crippen molar-refractivity contribution in [2.45, 2.75) is 39.7 Å². The van der Waals surface area contributed by atoms with Crippen molar-refractivity contribution in [2.75, 3.05) is 39.8 Å². The highest BCUT2D eigenvalue weighted by Crippen LogP contribution is 2.28. The molecule has 1 saturated heterocycles. The fraction of sp³-hybridized carbons (Fsp3) is 1.00. The fourth-order valence-electron chi connectivity index (χ4n) is 2.37. The quantitative estimate of drug-likeness (QED) is 0.775. The summed E-state index contributed by atoms with van der Waals surface area (Å²) in [6.07, 6.45) is 1.29. The molecule has 3 nitrogen and oxygen atoms in total. The molecule has 0 amide bonds. The Hall–Kier alpha value is -0.120. The first kappa shape index (κ1) is 13.9. The van der Waals surface area contributed by atoms with Gasteiger partial charge in [-0.3, -0.25) is 0 Å². The second-order valence-electron chi connectivity index (χ2n) is 6.33. The van der Waals surface area contributed by atoms with E-state index in [9.17, 15) is 0 Å². The van der Waals surface area contributed by atoms with Gasteiger partial charge in [-0.25, -0.2) is 0 Å². The van der Waals surface area contributed by atoms with E-state index in [1.165, 1.54) is 19.5 Å². The molecule has 1 rings (SSSR count). The van der Waals surface area contributed by atoms with E-state index in [1.807, 2.05) is 7.05 Å². The molecule has 1 aliphatic rings. The Morgan fingerprint density at radius 1 is 1.38 bits per heavy atom. The predicted octanol–water partition coefficient (Wildman–Crippen LogP) is 1.73. The van der Waals surface area contributed by atoms with Crippen LogP contribution >= 0.6 is 0 Å². The van der Waals surface area contributed by atoms with Crippen molar-refractivity contribution in [3.8, 4) is 0 Å². The second-order valence-corrected chi connectivity index (χ2v) is 6.33. The molecule has 96 valence electrons. The smallest absolute Gasteiger partial charge is 0.0600 e. The lowest BCUT2D eigenvalue weighted by atomic mass is 9.90. The number of likely N-dealkylation sites (tertiary alicyclic amines) is 1. The molecule has 0 aromatic heterocycles. The highest BCUT2D eigenvalue weighted by atomic mass is 16.5. The first-order chi connectivity index (χ1) is 7.35. The zero-order valence-corrected chi connectivity index (χ0v) is 11.6. The van der Waals surface area contributed by atoms with Crippen molar-refractivity contribution in [2.24, 2.45) is 5.41 Å². The summed E-state index contributed by atoms with van der Waals surface area (Å²) in [7, 11) is 2.04. The van der Waals surface area contributed by atoms with Gasteiger partial charge in [0.1, 0.15) is 0 Å². The first-order valence-electron chi connectivity index (χ1n) is 6.36. The number of hydrogen-bond donors (Lipinski definition) is 1. The summed E-state index contributed by atoms with van der Waals surface area (Å²) in [5.74, 6) is 0. The Morgan fingerprint density at radius 3 is 2.62 bits per heavy atom. The van der Waals surface area contributed by atoms with Crippen LogP contribution in [0.15, 0.2) is 0 Å². The Kier molecular flexibility index (Phi) is 4.77. The predicted molar refractivity (Wildman–Crippen MR) is 68.8 cm³/mol. The molecule has 0 bridgehead atoms. The monoisotopic (exact) mass is 228 g/mol. The largest absolute Gasteiger partial charge is 0.375 e. The molecule has 1 heterocycles. The molecular formula is C13H28N2O. The third-order valence-corrected chi connectivity index (χ3v) is 3.18. The number of ether oxygens (including phenoxy) is 1. The molecule has 1 fully saturated rings. The second kappa shape index (κ2) is 5.48. The van der Waals surface area contributed by atoms with Crippen LogP contribution < -0.4 is 5.32 Å². The van der Waals surface area contributed by atoms with Crippen molar-refractivity contribution in [1.82, 2.24) is 10.2 Å². The SMILES string of the molecule is CNCC1(C)CCN(CCOC(C)(C)C)C1. The van der Waals surface area contributed by atoms with Crippen LogP contribution in [0.25, 0.3) is 0 Å². The normalized spacial score (nSPS) is 27.6. The van der Waals surface area contributed by atoms with Crippen molar-refractivity contribution in [3.05, 3.63) is 0 Å². The lowest BCUT2D eigenvalue weighted by Crippen LogP contribution is -2.35. The van der Waals surface area contributed by atoms with Gasteiger partial charge in [-0.1, -0.05) is 6.92 Å². The van der Waals surface area contributed by atoms with Crippen LogP contribution in [-0.2, 0) is 4.74 Å². The number of rotatable bonds is 5. The van der Waals surface area contributed by atoms with Crippen LogP contribution in [0.2, 0.25) is 0 Å². The Bertz CT molecular complexity index is 212. The molecule has 0 aromatic rings. The van der Waals surface area contributed by atoms with Gasteiger partial charge in [0.2, 0.25) is 0 Å². The molecular weight excluding hydrogens is 200 g/mol. The van der Waals surface area contributed by atoms with Gasteiger partial charge < -0.3 is 15.0 Å². The van der Waals surface area contributed by atoms with Crippen LogP contribution in [0.3, 0.4) is 0 Å². The molecule has 16 heavy (non-hydrogen) atoms. The van der Waals surface area contributed by atoms with E-state index >= 15 is 0 Å². The number of hydrogen-bond acceptors (Lipinski definition) is 3. The molecule has 1 N–H and O–H groups in total. The van der Waals surface area contributed by atoms with Gasteiger partial charge in [0.15, 0.2) is 0 Å². The van der Waals surface area contributed by atoms with Gasteiger partial charge in [0.25, 0.3) is 0 Å². The summed E-state index contributed by atoms with van der Waals surface area (Å²) < 4.78 is 5.76. The summed E-state index contributed by atoms with van der Waals surface area (Å²) in [5.41, 5.74) is 0.449. The summed E-state index contributed by atoms with van der Waals surface area (Å²) in [6, 6.07) is 0. The molecule has 0 spiro atoms. The minimum Gasteiger partial charge on any atom is -0.375 e. The van der Waals surface area contributed by atoms with E-state index in [0.29, 0.717) is 5.41 Å². The molecule has 0 aromatic carbocycles. The maximum atomic E-state index is 5.76. The molecule has 1 atom stereocenters. The Labute approximate surface area is 101 Å². The van der Waals surface area contributed by atoms with Gasteiger partial charge in [0.05, 0.1) is 12.2 Å². The minimum atomic E-state index is -0.00595. The fourth-order valence-corrected chi connectivity index (χ4v) is 2.37. The molecule has 0 aliphatic carbocycles. The zero-order valence-electron chi connectivity index (χ0n) is 11.6. The van der Waals surface area contributed by atoms with Crippen molar-refractivity contribution >= 4 is 0 Å². The lowest BCUT2D eigenvalue weighted by molar-refractivity contribution is -0.0117. The van der Waals surface area contributed by atoms with Gasteiger partial charge in [-0.05, 0) is 46.2 Å². The average molecular weight is 228 g/mol. The molecule has 0 saturated carbocycles.